The first-order chi connectivity index (χ1) is 8.57. The number of unbranched alkanes of at least 4 members (excludes halogenated alkanes) is 1. The van der Waals surface area contributed by atoms with E-state index in [1.807, 2.05) is 0 Å². The minimum atomic E-state index is -0.913. The van der Waals surface area contributed by atoms with Crippen LogP contribution in [-0.2, 0) is 14.3 Å². The van der Waals surface area contributed by atoms with Crippen LogP contribution in [0.15, 0.2) is 0 Å². The number of piperidine rings is 1. The summed E-state index contributed by atoms with van der Waals surface area (Å²) in [5.74, 6) is -1.11. The average Bonchev–Trinajstić information content (AvgIpc) is 2.38. The molecule has 1 fully saturated rings. The van der Waals surface area contributed by atoms with E-state index in [1.165, 1.54) is 4.90 Å². The maximum atomic E-state index is 12.1. The molecule has 1 saturated heterocycles. The van der Waals surface area contributed by atoms with E-state index in [-0.39, 0.29) is 5.91 Å². The van der Waals surface area contributed by atoms with Crippen molar-refractivity contribution in [2.45, 2.75) is 58.1 Å². The first kappa shape index (κ1) is 15.0. The molecule has 18 heavy (non-hydrogen) atoms. The molecule has 0 spiro atoms. The van der Waals surface area contributed by atoms with E-state index in [2.05, 4.69) is 6.92 Å². The van der Waals surface area contributed by atoms with Crippen molar-refractivity contribution in [3.63, 3.8) is 0 Å². The lowest BCUT2D eigenvalue weighted by Crippen LogP contribution is -2.51. The van der Waals surface area contributed by atoms with Gasteiger partial charge in [0.2, 0.25) is 0 Å². The van der Waals surface area contributed by atoms with Gasteiger partial charge in [-0.3, -0.25) is 4.79 Å². The molecule has 5 heteroatoms. The zero-order chi connectivity index (χ0) is 13.5. The van der Waals surface area contributed by atoms with Gasteiger partial charge in [0, 0.05) is 13.2 Å². The normalized spacial score (nSPS) is 21.7. The van der Waals surface area contributed by atoms with Crippen molar-refractivity contribution >= 4 is 11.9 Å². The van der Waals surface area contributed by atoms with Gasteiger partial charge in [-0.2, -0.15) is 0 Å². The molecular weight excluding hydrogens is 234 g/mol. The van der Waals surface area contributed by atoms with Crippen molar-refractivity contribution in [3.05, 3.63) is 0 Å². The van der Waals surface area contributed by atoms with Crippen molar-refractivity contribution in [2.75, 3.05) is 13.2 Å². The Labute approximate surface area is 108 Å². The van der Waals surface area contributed by atoms with Gasteiger partial charge >= 0.3 is 5.97 Å². The molecule has 0 radical (unpaired) electrons. The van der Waals surface area contributed by atoms with Gasteiger partial charge in [0.1, 0.15) is 12.1 Å². The predicted molar refractivity (Wildman–Crippen MR) is 67.3 cm³/mol. The van der Waals surface area contributed by atoms with Crippen LogP contribution < -0.4 is 0 Å². The topological polar surface area (TPSA) is 66.8 Å². The Balaban J connectivity index is 2.54. The average molecular weight is 257 g/mol. The largest absolute Gasteiger partial charge is 0.480 e. The number of carboxylic acid groups (broad SMARTS) is 1. The van der Waals surface area contributed by atoms with Crippen LogP contribution in [0.1, 0.15) is 46.0 Å². The summed E-state index contributed by atoms with van der Waals surface area (Å²) in [5.41, 5.74) is 0. The molecule has 1 aliphatic heterocycles. The summed E-state index contributed by atoms with van der Waals surface area (Å²) in [6, 6.07) is -0.677. The highest BCUT2D eigenvalue weighted by Crippen LogP contribution is 2.18. The van der Waals surface area contributed by atoms with Crippen molar-refractivity contribution in [1.82, 2.24) is 4.90 Å². The Morgan fingerprint density at radius 2 is 2.17 bits per heavy atom. The summed E-state index contributed by atoms with van der Waals surface area (Å²) in [5, 5.41) is 9.12. The van der Waals surface area contributed by atoms with Crippen LogP contribution >= 0.6 is 0 Å². The van der Waals surface area contributed by atoms with Crippen molar-refractivity contribution in [1.29, 1.82) is 0 Å². The minimum absolute atomic E-state index is 0.196. The maximum Gasteiger partial charge on any atom is 0.326 e. The molecule has 0 aromatic carbocycles. The number of hydrogen-bond acceptors (Lipinski definition) is 3. The molecule has 104 valence electrons. The van der Waals surface area contributed by atoms with Crippen molar-refractivity contribution in [3.8, 4) is 0 Å². The van der Waals surface area contributed by atoms with Gasteiger partial charge in [-0.1, -0.05) is 13.3 Å². The summed E-state index contributed by atoms with van der Waals surface area (Å²) >= 11 is 0. The fourth-order valence-electron chi connectivity index (χ4n) is 2.16. The Kier molecular flexibility index (Phi) is 6.12. The molecule has 0 bridgehead atoms. The zero-order valence-corrected chi connectivity index (χ0v) is 11.2. The Morgan fingerprint density at radius 3 is 2.78 bits per heavy atom. The first-order valence-corrected chi connectivity index (χ1v) is 6.72. The molecule has 1 rings (SSSR count). The number of carbonyl (C=O) groups is 2. The lowest BCUT2D eigenvalue weighted by molar-refractivity contribution is -0.157. The summed E-state index contributed by atoms with van der Waals surface area (Å²) in [4.78, 5) is 24.7. The van der Waals surface area contributed by atoms with Crippen LogP contribution in [-0.4, -0.2) is 47.2 Å². The predicted octanol–water partition coefficient (Wildman–Crippen LogP) is 1.66. The van der Waals surface area contributed by atoms with Gasteiger partial charge in [-0.25, -0.2) is 4.79 Å². The van der Waals surface area contributed by atoms with Gasteiger partial charge in [-0.15, -0.1) is 0 Å². The lowest BCUT2D eigenvalue weighted by atomic mass is 10.0. The third kappa shape index (κ3) is 3.98. The van der Waals surface area contributed by atoms with Crippen LogP contribution in [0, 0.1) is 0 Å². The second-order valence-corrected chi connectivity index (χ2v) is 4.75. The third-order valence-electron chi connectivity index (χ3n) is 3.28. The highest BCUT2D eigenvalue weighted by Gasteiger charge is 2.34. The molecule has 1 amide bonds. The van der Waals surface area contributed by atoms with Gasteiger partial charge < -0.3 is 14.7 Å². The number of aliphatic carboxylic acids is 1. The smallest absolute Gasteiger partial charge is 0.326 e. The lowest BCUT2D eigenvalue weighted by Gasteiger charge is -2.34. The van der Waals surface area contributed by atoms with E-state index in [0.717, 1.165) is 25.7 Å². The van der Waals surface area contributed by atoms with Gasteiger partial charge in [0.05, 0.1) is 0 Å². The van der Waals surface area contributed by atoms with Crippen LogP contribution in [0.2, 0.25) is 0 Å². The van der Waals surface area contributed by atoms with Crippen molar-refractivity contribution in [2.24, 2.45) is 0 Å². The SMILES string of the molecule is CCCCOC(C)C(=O)N1CCCCC1C(=O)O. The van der Waals surface area contributed by atoms with Gasteiger partial charge in [0.25, 0.3) is 5.91 Å². The van der Waals surface area contributed by atoms with Crippen molar-refractivity contribution < 1.29 is 19.4 Å². The van der Waals surface area contributed by atoms with E-state index in [9.17, 15) is 9.59 Å². The molecule has 2 atom stereocenters. The van der Waals surface area contributed by atoms with Crippen LogP contribution in [0.3, 0.4) is 0 Å². The van der Waals surface area contributed by atoms with E-state index in [1.54, 1.807) is 6.92 Å². The standard InChI is InChI=1S/C13H23NO4/c1-3-4-9-18-10(2)12(15)14-8-6-5-7-11(14)13(16)17/h10-11H,3-9H2,1-2H3,(H,16,17). The molecule has 2 unspecified atom stereocenters. The summed E-state index contributed by atoms with van der Waals surface area (Å²) in [6.45, 7) is 4.83. The fourth-order valence-corrected chi connectivity index (χ4v) is 2.16. The van der Waals surface area contributed by atoms with E-state index in [0.29, 0.717) is 19.6 Å². The molecule has 0 saturated carbocycles. The number of rotatable bonds is 6. The molecule has 5 nitrogen and oxygen atoms in total. The Morgan fingerprint density at radius 1 is 1.44 bits per heavy atom. The minimum Gasteiger partial charge on any atom is -0.480 e. The second kappa shape index (κ2) is 7.36. The summed E-state index contributed by atoms with van der Waals surface area (Å²) in [6.07, 6.45) is 3.67. The molecule has 1 N–H and O–H groups in total. The molecule has 0 aromatic heterocycles. The highest BCUT2D eigenvalue weighted by molar-refractivity contribution is 5.86. The van der Waals surface area contributed by atoms with Gasteiger partial charge in [0.15, 0.2) is 0 Å². The third-order valence-corrected chi connectivity index (χ3v) is 3.28. The maximum absolute atomic E-state index is 12.1. The van der Waals surface area contributed by atoms with Crippen LogP contribution in [0.5, 0.6) is 0 Å². The molecule has 0 aromatic rings. The molecular formula is C13H23NO4. The molecule has 0 aliphatic carbocycles. The highest BCUT2D eigenvalue weighted by atomic mass is 16.5. The number of hydrogen-bond donors (Lipinski definition) is 1. The molecule has 1 aliphatic rings. The number of ether oxygens (including phenoxy) is 1. The van der Waals surface area contributed by atoms with Crippen LogP contribution in [0.4, 0.5) is 0 Å². The second-order valence-electron chi connectivity index (χ2n) is 4.75. The number of carboxylic acids is 1. The monoisotopic (exact) mass is 257 g/mol. The Hall–Kier alpha value is -1.10. The Bertz CT molecular complexity index is 293. The first-order valence-electron chi connectivity index (χ1n) is 6.72. The zero-order valence-electron chi connectivity index (χ0n) is 11.2. The summed E-state index contributed by atoms with van der Waals surface area (Å²) < 4.78 is 5.44. The number of carbonyl (C=O) groups excluding carboxylic acids is 1. The van der Waals surface area contributed by atoms with E-state index < -0.39 is 18.1 Å². The van der Waals surface area contributed by atoms with E-state index in [4.69, 9.17) is 9.84 Å². The van der Waals surface area contributed by atoms with E-state index >= 15 is 0 Å². The fraction of sp³-hybridized carbons (Fsp3) is 0.846. The number of amides is 1. The summed E-state index contributed by atoms with van der Waals surface area (Å²) in [7, 11) is 0. The van der Waals surface area contributed by atoms with Gasteiger partial charge in [-0.05, 0) is 32.6 Å². The number of likely N-dealkylation sites (tertiary alicyclic amines) is 1. The van der Waals surface area contributed by atoms with Crippen LogP contribution in [0.25, 0.3) is 0 Å². The molecule has 1 heterocycles. The number of nitrogens with zero attached hydrogens (tertiary/aromatic N) is 1. The quantitative estimate of drug-likeness (QED) is 0.735.